The molecule has 0 saturated heterocycles. The van der Waals surface area contributed by atoms with Gasteiger partial charge >= 0.3 is 0 Å². The number of nitrogens with zero attached hydrogens (tertiary/aromatic N) is 1. The Kier molecular flexibility index (Phi) is 2.00. The molecule has 1 aromatic rings. The molecule has 1 aromatic heterocycles. The Labute approximate surface area is 63.3 Å². The van der Waals surface area contributed by atoms with Crippen LogP contribution in [0.5, 0.6) is 0 Å². The molecule has 1 heterocycles. The quantitative estimate of drug-likeness (QED) is 0.387. The number of nitrogens with one attached hydrogen (secondary N) is 3. The summed E-state index contributed by atoms with van der Waals surface area (Å²) in [6.45, 7) is 1.35. The zero-order chi connectivity index (χ0) is 8.27. The first kappa shape index (κ1) is 7.46. The van der Waals surface area contributed by atoms with Gasteiger partial charge < -0.3 is 5.32 Å². The molecule has 0 bridgehead atoms. The van der Waals surface area contributed by atoms with Gasteiger partial charge in [-0.2, -0.15) is 5.10 Å². The molecule has 5 heteroatoms. The first-order valence-electron chi connectivity index (χ1n) is 3.06. The number of carbonyl (C=O) groups is 1. The second-order valence-electron chi connectivity index (χ2n) is 2.03. The molecule has 0 aromatic carbocycles. The Morgan fingerprint density at radius 3 is 3.00 bits per heavy atom. The summed E-state index contributed by atoms with van der Waals surface area (Å²) in [5.74, 6) is -0.223. The number of amidine groups is 1. The van der Waals surface area contributed by atoms with Crippen molar-refractivity contribution in [1.82, 2.24) is 15.5 Å². The predicted molar refractivity (Wildman–Crippen MR) is 39.2 cm³/mol. The van der Waals surface area contributed by atoms with Crippen LogP contribution in [-0.4, -0.2) is 21.9 Å². The minimum Gasteiger partial charge on any atom is -0.310 e. The van der Waals surface area contributed by atoms with Gasteiger partial charge in [-0.3, -0.25) is 15.3 Å². The van der Waals surface area contributed by atoms with Crippen molar-refractivity contribution in [3.8, 4) is 0 Å². The smallest absolute Gasteiger partial charge is 0.222 e. The van der Waals surface area contributed by atoms with E-state index in [2.05, 4.69) is 15.5 Å². The number of hydrogen-bond acceptors (Lipinski definition) is 3. The number of aromatic amines is 1. The Balaban J connectivity index is 2.64. The molecule has 0 radical (unpaired) electrons. The third kappa shape index (κ3) is 1.89. The van der Waals surface area contributed by atoms with E-state index in [4.69, 9.17) is 5.41 Å². The number of amides is 1. The summed E-state index contributed by atoms with van der Waals surface area (Å²) in [6, 6.07) is 1.61. The highest BCUT2D eigenvalue weighted by molar-refractivity contribution is 6.04. The fraction of sp³-hybridized carbons (Fsp3) is 0.167. The zero-order valence-electron chi connectivity index (χ0n) is 6.01. The van der Waals surface area contributed by atoms with Gasteiger partial charge in [-0.05, 0) is 6.07 Å². The molecule has 1 rings (SSSR count). The normalized spacial score (nSPS) is 9.18. The summed E-state index contributed by atoms with van der Waals surface area (Å²) in [5.41, 5.74) is 0.500. The molecule has 0 unspecified atom stereocenters. The Bertz CT molecular complexity index is 264. The molecule has 0 atom stereocenters. The van der Waals surface area contributed by atoms with Crippen LogP contribution in [0.2, 0.25) is 0 Å². The van der Waals surface area contributed by atoms with Crippen LogP contribution in [0, 0.1) is 5.41 Å². The molecule has 58 valence electrons. The monoisotopic (exact) mass is 152 g/mol. The Morgan fingerprint density at radius 2 is 2.55 bits per heavy atom. The lowest BCUT2D eigenvalue weighted by atomic mass is 10.4. The van der Waals surface area contributed by atoms with Crippen LogP contribution < -0.4 is 5.32 Å². The first-order chi connectivity index (χ1) is 5.20. The second-order valence-corrected chi connectivity index (χ2v) is 2.03. The van der Waals surface area contributed by atoms with Crippen molar-refractivity contribution >= 4 is 11.7 Å². The lowest BCUT2D eigenvalue weighted by Crippen LogP contribution is -2.28. The predicted octanol–water partition coefficient (Wildman–Crippen LogP) is -0.129. The summed E-state index contributed by atoms with van der Waals surface area (Å²) in [4.78, 5) is 10.5. The number of aromatic nitrogens is 2. The Hall–Kier alpha value is -1.65. The van der Waals surface area contributed by atoms with Crippen molar-refractivity contribution < 1.29 is 4.79 Å². The average Bonchev–Trinajstić information content (AvgIpc) is 2.35. The summed E-state index contributed by atoms with van der Waals surface area (Å²) >= 11 is 0. The van der Waals surface area contributed by atoms with Crippen molar-refractivity contribution in [2.45, 2.75) is 6.92 Å². The highest BCUT2D eigenvalue weighted by Gasteiger charge is 2.02. The van der Waals surface area contributed by atoms with E-state index in [0.717, 1.165) is 0 Å². The zero-order valence-corrected chi connectivity index (χ0v) is 6.01. The summed E-state index contributed by atoms with van der Waals surface area (Å²) in [7, 11) is 0. The fourth-order valence-corrected chi connectivity index (χ4v) is 0.638. The molecule has 11 heavy (non-hydrogen) atoms. The van der Waals surface area contributed by atoms with E-state index in [0.29, 0.717) is 5.69 Å². The van der Waals surface area contributed by atoms with Gasteiger partial charge in [0.05, 0.1) is 5.69 Å². The van der Waals surface area contributed by atoms with Gasteiger partial charge in [0, 0.05) is 13.1 Å². The van der Waals surface area contributed by atoms with Crippen LogP contribution in [0.25, 0.3) is 0 Å². The summed E-state index contributed by atoms with van der Waals surface area (Å²) < 4.78 is 0. The van der Waals surface area contributed by atoms with Gasteiger partial charge in [0.25, 0.3) is 0 Å². The maximum atomic E-state index is 10.5. The van der Waals surface area contributed by atoms with E-state index in [1.807, 2.05) is 0 Å². The lowest BCUT2D eigenvalue weighted by molar-refractivity contribution is -0.117. The largest absolute Gasteiger partial charge is 0.310 e. The minimum absolute atomic E-state index is 0.0370. The molecule has 1 amide bonds. The highest BCUT2D eigenvalue weighted by Crippen LogP contribution is 1.89. The van der Waals surface area contributed by atoms with Crippen LogP contribution in [0.15, 0.2) is 12.3 Å². The number of carbonyl (C=O) groups excluding carboxylic acids is 1. The van der Waals surface area contributed by atoms with E-state index in [1.54, 1.807) is 6.07 Å². The van der Waals surface area contributed by atoms with Crippen molar-refractivity contribution in [1.29, 1.82) is 5.41 Å². The van der Waals surface area contributed by atoms with E-state index < -0.39 is 0 Å². The number of rotatable bonds is 1. The van der Waals surface area contributed by atoms with E-state index >= 15 is 0 Å². The van der Waals surface area contributed by atoms with Gasteiger partial charge in [-0.25, -0.2) is 0 Å². The van der Waals surface area contributed by atoms with Crippen LogP contribution in [0.3, 0.4) is 0 Å². The van der Waals surface area contributed by atoms with Gasteiger partial charge in [0.15, 0.2) is 0 Å². The summed E-state index contributed by atoms with van der Waals surface area (Å²) in [5, 5.41) is 15.8. The first-order valence-corrected chi connectivity index (χ1v) is 3.06. The van der Waals surface area contributed by atoms with Gasteiger partial charge in [-0.15, -0.1) is 0 Å². The molecular formula is C6H8N4O. The Morgan fingerprint density at radius 1 is 1.82 bits per heavy atom. The standard InChI is InChI=1S/C6H8N4O/c1-4(11)9-6(7)5-2-3-8-10-5/h2-3H,1H3,(H,8,10)(H2,7,9,11). The number of hydrogen-bond donors (Lipinski definition) is 3. The van der Waals surface area contributed by atoms with Crippen LogP contribution in [0.4, 0.5) is 0 Å². The fourth-order valence-electron chi connectivity index (χ4n) is 0.638. The van der Waals surface area contributed by atoms with Crippen LogP contribution in [-0.2, 0) is 4.79 Å². The van der Waals surface area contributed by atoms with Crippen LogP contribution in [0.1, 0.15) is 12.6 Å². The third-order valence-corrected chi connectivity index (χ3v) is 1.07. The maximum Gasteiger partial charge on any atom is 0.222 e. The molecule has 0 aliphatic rings. The van der Waals surface area contributed by atoms with Crippen molar-refractivity contribution in [3.63, 3.8) is 0 Å². The van der Waals surface area contributed by atoms with E-state index in [9.17, 15) is 4.79 Å². The van der Waals surface area contributed by atoms with Crippen LogP contribution >= 0.6 is 0 Å². The maximum absolute atomic E-state index is 10.5. The molecule has 0 saturated carbocycles. The molecule has 0 aliphatic carbocycles. The minimum atomic E-state index is -0.260. The molecule has 5 nitrogen and oxygen atoms in total. The lowest BCUT2D eigenvalue weighted by Gasteiger charge is -1.98. The van der Waals surface area contributed by atoms with Crippen molar-refractivity contribution in [2.24, 2.45) is 0 Å². The molecule has 3 N–H and O–H groups in total. The SMILES string of the molecule is CC(=O)NC(=N)c1ccn[nH]1. The third-order valence-electron chi connectivity index (χ3n) is 1.07. The topological polar surface area (TPSA) is 81.6 Å². The van der Waals surface area contributed by atoms with Crippen molar-refractivity contribution in [3.05, 3.63) is 18.0 Å². The van der Waals surface area contributed by atoms with Gasteiger partial charge in [0.1, 0.15) is 5.84 Å². The second kappa shape index (κ2) is 2.96. The highest BCUT2D eigenvalue weighted by atomic mass is 16.1. The molecule has 0 spiro atoms. The molecule has 0 fully saturated rings. The van der Waals surface area contributed by atoms with E-state index in [-0.39, 0.29) is 11.7 Å². The van der Waals surface area contributed by atoms with Crippen molar-refractivity contribution in [2.75, 3.05) is 0 Å². The summed E-state index contributed by atoms with van der Waals surface area (Å²) in [6.07, 6.45) is 1.52. The molecule has 0 aliphatic heterocycles. The average molecular weight is 152 g/mol. The van der Waals surface area contributed by atoms with Gasteiger partial charge in [0.2, 0.25) is 5.91 Å². The number of H-pyrrole nitrogens is 1. The van der Waals surface area contributed by atoms with E-state index in [1.165, 1.54) is 13.1 Å². The van der Waals surface area contributed by atoms with Gasteiger partial charge in [-0.1, -0.05) is 0 Å². The molecular weight excluding hydrogens is 144 g/mol.